The lowest BCUT2D eigenvalue weighted by Gasteiger charge is -2.23. The fourth-order valence-corrected chi connectivity index (χ4v) is 3.74. The Kier molecular flexibility index (Phi) is 7.06. The fraction of sp³-hybridized carbons (Fsp3) is 0.318. The second kappa shape index (κ2) is 9.74. The summed E-state index contributed by atoms with van der Waals surface area (Å²) in [6.45, 7) is 0.457. The Bertz CT molecular complexity index is 983. The van der Waals surface area contributed by atoms with Crippen LogP contribution in [0.1, 0.15) is 12.0 Å². The lowest BCUT2D eigenvalue weighted by molar-refractivity contribution is -0.130. The third-order valence-electron chi connectivity index (χ3n) is 5.12. The Morgan fingerprint density at radius 1 is 1.13 bits per heavy atom. The maximum absolute atomic E-state index is 13.1. The molecule has 1 fully saturated rings. The molecular formula is C22H24FN3O4S. The van der Waals surface area contributed by atoms with Gasteiger partial charge < -0.3 is 19.7 Å². The first-order chi connectivity index (χ1) is 14.8. The molecular weight excluding hydrogens is 421 g/mol. The van der Waals surface area contributed by atoms with Gasteiger partial charge in [-0.1, -0.05) is 6.07 Å². The highest BCUT2D eigenvalue weighted by Gasteiger charge is 2.41. The van der Waals surface area contributed by atoms with E-state index in [-0.39, 0.29) is 18.2 Å². The summed E-state index contributed by atoms with van der Waals surface area (Å²) in [6.07, 6.45) is 0.532. The molecule has 2 amide bonds. The van der Waals surface area contributed by atoms with Crippen molar-refractivity contribution in [1.29, 1.82) is 0 Å². The number of benzene rings is 2. The highest BCUT2D eigenvalue weighted by atomic mass is 32.1. The van der Waals surface area contributed by atoms with Gasteiger partial charge >= 0.3 is 0 Å². The van der Waals surface area contributed by atoms with Crippen LogP contribution >= 0.6 is 12.2 Å². The van der Waals surface area contributed by atoms with Crippen molar-refractivity contribution in [3.8, 4) is 11.5 Å². The molecule has 0 saturated carbocycles. The van der Waals surface area contributed by atoms with Crippen LogP contribution in [0.2, 0.25) is 0 Å². The van der Waals surface area contributed by atoms with Gasteiger partial charge in [-0.15, -0.1) is 0 Å². The number of amides is 2. The first kappa shape index (κ1) is 22.5. The van der Waals surface area contributed by atoms with E-state index in [2.05, 4.69) is 5.32 Å². The van der Waals surface area contributed by atoms with Crippen LogP contribution in [0.3, 0.4) is 0 Å². The quantitative estimate of drug-likeness (QED) is 0.630. The average molecular weight is 446 g/mol. The minimum atomic E-state index is -0.696. The number of rotatable bonds is 8. The van der Waals surface area contributed by atoms with Gasteiger partial charge in [0.2, 0.25) is 5.91 Å². The number of nitrogens with one attached hydrogen (secondary N) is 1. The molecule has 3 rings (SSSR count). The SMILES string of the molecule is COc1ccc(CCN2C(=S)N(C)C(=O)C2CC(=O)Nc2ccc(F)cc2)cc1OC. The summed E-state index contributed by atoms with van der Waals surface area (Å²) in [4.78, 5) is 28.3. The van der Waals surface area contributed by atoms with Crippen LogP contribution in [0.5, 0.6) is 11.5 Å². The molecule has 1 saturated heterocycles. The molecule has 31 heavy (non-hydrogen) atoms. The first-order valence-electron chi connectivity index (χ1n) is 9.68. The number of carbonyl (C=O) groups is 2. The van der Waals surface area contributed by atoms with Crippen LogP contribution < -0.4 is 14.8 Å². The molecule has 1 N–H and O–H groups in total. The van der Waals surface area contributed by atoms with Gasteiger partial charge in [-0.25, -0.2) is 4.39 Å². The number of hydrogen-bond donors (Lipinski definition) is 1. The molecule has 0 spiro atoms. The standard InChI is InChI=1S/C22H24FN3O4S/c1-25-21(28)17(13-20(27)24-16-7-5-15(23)6-8-16)26(22(25)31)11-10-14-4-9-18(29-2)19(12-14)30-3/h4-9,12,17H,10-11,13H2,1-3H3,(H,24,27). The predicted molar refractivity (Wildman–Crippen MR) is 119 cm³/mol. The number of ether oxygens (including phenoxy) is 2. The average Bonchev–Trinajstić information content (AvgIpc) is 2.97. The summed E-state index contributed by atoms with van der Waals surface area (Å²) < 4.78 is 23.7. The van der Waals surface area contributed by atoms with Crippen molar-refractivity contribution in [2.45, 2.75) is 18.9 Å². The van der Waals surface area contributed by atoms with Crippen LogP contribution in [-0.4, -0.2) is 60.6 Å². The third kappa shape index (κ3) is 5.11. The van der Waals surface area contributed by atoms with Crippen molar-refractivity contribution in [3.05, 3.63) is 53.8 Å². The fourth-order valence-electron chi connectivity index (χ4n) is 3.43. The van der Waals surface area contributed by atoms with Crippen molar-refractivity contribution in [2.24, 2.45) is 0 Å². The lowest BCUT2D eigenvalue weighted by atomic mass is 10.1. The third-order valence-corrected chi connectivity index (χ3v) is 5.63. The Hall–Kier alpha value is -3.20. The molecule has 1 unspecified atom stereocenters. The molecule has 0 radical (unpaired) electrons. The molecule has 1 atom stereocenters. The zero-order chi connectivity index (χ0) is 22.5. The van der Waals surface area contributed by atoms with Crippen molar-refractivity contribution in [2.75, 3.05) is 33.1 Å². The zero-order valence-corrected chi connectivity index (χ0v) is 18.4. The maximum atomic E-state index is 13.1. The van der Waals surface area contributed by atoms with Gasteiger partial charge in [-0.05, 0) is 60.6 Å². The van der Waals surface area contributed by atoms with E-state index in [9.17, 15) is 14.0 Å². The molecule has 2 aromatic rings. The number of carbonyl (C=O) groups excluding carboxylic acids is 2. The molecule has 1 heterocycles. The second-order valence-corrected chi connectivity index (χ2v) is 7.45. The van der Waals surface area contributed by atoms with Gasteiger partial charge in [0.15, 0.2) is 16.6 Å². The number of nitrogens with zero attached hydrogens (tertiary/aromatic N) is 2. The summed E-state index contributed by atoms with van der Waals surface area (Å²) >= 11 is 5.43. The van der Waals surface area contributed by atoms with Gasteiger partial charge in [0.05, 0.1) is 20.6 Å². The van der Waals surface area contributed by atoms with E-state index < -0.39 is 11.9 Å². The molecule has 7 nitrogen and oxygen atoms in total. The van der Waals surface area contributed by atoms with Crippen LogP contribution in [0, 0.1) is 5.82 Å². The monoisotopic (exact) mass is 445 g/mol. The van der Waals surface area contributed by atoms with Crippen LogP contribution in [0.25, 0.3) is 0 Å². The zero-order valence-electron chi connectivity index (χ0n) is 17.6. The molecule has 164 valence electrons. The minimum Gasteiger partial charge on any atom is -0.493 e. The molecule has 0 aliphatic carbocycles. The van der Waals surface area contributed by atoms with Gasteiger partial charge in [-0.2, -0.15) is 0 Å². The highest BCUT2D eigenvalue weighted by Crippen LogP contribution is 2.28. The molecule has 1 aliphatic heterocycles. The minimum absolute atomic E-state index is 0.0629. The highest BCUT2D eigenvalue weighted by molar-refractivity contribution is 7.80. The Morgan fingerprint density at radius 2 is 1.81 bits per heavy atom. The normalized spacial score (nSPS) is 15.9. The Labute approximate surface area is 185 Å². The van der Waals surface area contributed by atoms with E-state index in [0.717, 1.165) is 5.56 Å². The first-order valence-corrected chi connectivity index (χ1v) is 10.1. The van der Waals surface area contributed by atoms with Crippen molar-refractivity contribution in [3.63, 3.8) is 0 Å². The topological polar surface area (TPSA) is 71.1 Å². The van der Waals surface area contributed by atoms with Crippen molar-refractivity contribution in [1.82, 2.24) is 9.80 Å². The van der Waals surface area contributed by atoms with Crippen molar-refractivity contribution < 1.29 is 23.5 Å². The summed E-state index contributed by atoms with van der Waals surface area (Å²) in [5.74, 6) is 0.281. The summed E-state index contributed by atoms with van der Waals surface area (Å²) in [5, 5.41) is 3.07. The maximum Gasteiger partial charge on any atom is 0.251 e. The molecule has 2 aromatic carbocycles. The Balaban J connectivity index is 1.68. The molecule has 9 heteroatoms. The second-order valence-electron chi connectivity index (χ2n) is 7.09. The van der Waals surface area contributed by atoms with E-state index in [0.29, 0.717) is 35.3 Å². The van der Waals surface area contributed by atoms with Crippen LogP contribution in [-0.2, 0) is 16.0 Å². The predicted octanol–water partition coefficient (Wildman–Crippen LogP) is 2.84. The Morgan fingerprint density at radius 3 is 2.45 bits per heavy atom. The number of methoxy groups -OCH3 is 2. The number of hydrogen-bond acceptors (Lipinski definition) is 5. The number of likely N-dealkylation sites (N-methyl/N-ethyl adjacent to an activating group) is 1. The van der Waals surface area contributed by atoms with Gasteiger partial charge in [0, 0.05) is 19.3 Å². The molecule has 0 bridgehead atoms. The van der Waals surface area contributed by atoms with Crippen LogP contribution in [0.15, 0.2) is 42.5 Å². The lowest BCUT2D eigenvalue weighted by Crippen LogP contribution is -2.39. The van der Waals surface area contributed by atoms with E-state index in [1.54, 1.807) is 26.2 Å². The number of anilines is 1. The number of halogens is 1. The largest absolute Gasteiger partial charge is 0.493 e. The van der Waals surface area contributed by atoms with Crippen LogP contribution in [0.4, 0.5) is 10.1 Å². The van der Waals surface area contributed by atoms with E-state index in [1.165, 1.54) is 29.2 Å². The van der Waals surface area contributed by atoms with E-state index in [1.807, 2.05) is 18.2 Å². The van der Waals surface area contributed by atoms with E-state index in [4.69, 9.17) is 21.7 Å². The molecule has 1 aliphatic rings. The summed E-state index contributed by atoms with van der Waals surface area (Å²) in [5.41, 5.74) is 1.45. The smallest absolute Gasteiger partial charge is 0.251 e. The van der Waals surface area contributed by atoms with Gasteiger partial charge in [0.1, 0.15) is 11.9 Å². The summed E-state index contributed by atoms with van der Waals surface area (Å²) in [6, 6.07) is 10.4. The van der Waals surface area contributed by atoms with Gasteiger partial charge in [0.25, 0.3) is 5.91 Å². The summed E-state index contributed by atoms with van der Waals surface area (Å²) in [7, 11) is 4.75. The number of thiocarbonyl (C=S) groups is 1. The molecule has 0 aromatic heterocycles. The van der Waals surface area contributed by atoms with Gasteiger partial charge in [-0.3, -0.25) is 14.5 Å². The van der Waals surface area contributed by atoms with Crippen molar-refractivity contribution >= 4 is 34.8 Å². The van der Waals surface area contributed by atoms with E-state index >= 15 is 0 Å².